The molecule has 1 atom stereocenters. The molecule has 1 saturated heterocycles. The molecule has 1 unspecified atom stereocenters. The largest absolute Gasteiger partial charge is 0.481 e. The van der Waals surface area contributed by atoms with Gasteiger partial charge < -0.3 is 15.0 Å². The van der Waals surface area contributed by atoms with Gasteiger partial charge in [-0.15, -0.1) is 0 Å². The van der Waals surface area contributed by atoms with Crippen molar-refractivity contribution in [3.63, 3.8) is 0 Å². The highest BCUT2D eigenvalue weighted by molar-refractivity contribution is 5.89. The van der Waals surface area contributed by atoms with Crippen molar-refractivity contribution in [2.45, 2.75) is 37.8 Å². The molecule has 0 aromatic heterocycles. The third kappa shape index (κ3) is 3.78. The molecule has 124 valence electrons. The van der Waals surface area contributed by atoms with Gasteiger partial charge >= 0.3 is 0 Å². The number of nitrogens with one attached hydrogen (secondary N) is 1. The molecule has 1 heterocycles. The quantitative estimate of drug-likeness (QED) is 0.895. The average molecular weight is 324 g/mol. The average Bonchev–Trinajstić information content (AvgIpc) is 3.17. The molecular weight excluding hydrogens is 306 g/mol. The lowest BCUT2D eigenvalue weighted by molar-refractivity contribution is -0.140. The van der Waals surface area contributed by atoms with Crippen LogP contribution in [0.1, 0.15) is 25.7 Å². The van der Waals surface area contributed by atoms with Crippen LogP contribution in [0.25, 0.3) is 0 Å². The van der Waals surface area contributed by atoms with E-state index in [1.807, 2.05) is 0 Å². The maximum absolute atomic E-state index is 13.5. The number of carbonyl (C=O) groups excluding carboxylic acids is 2. The standard InChI is InChI=1S/C16H18F2N2O3/c17-10-3-6-14(12(18)8-10)23-9-15(21)20-7-1-2-13(20)16(22)19-11-4-5-11/h3,6,8,11,13H,1-2,4-5,7,9H2,(H,19,22). The van der Waals surface area contributed by atoms with Gasteiger partial charge in [0, 0.05) is 18.7 Å². The summed E-state index contributed by atoms with van der Waals surface area (Å²) in [6, 6.07) is 2.65. The Morgan fingerprint density at radius 2 is 2.04 bits per heavy atom. The van der Waals surface area contributed by atoms with Crippen molar-refractivity contribution in [2.24, 2.45) is 0 Å². The molecule has 1 aromatic carbocycles. The number of carbonyl (C=O) groups is 2. The molecule has 1 N–H and O–H groups in total. The van der Waals surface area contributed by atoms with Crippen molar-refractivity contribution in [1.29, 1.82) is 0 Å². The summed E-state index contributed by atoms with van der Waals surface area (Å²) < 4.78 is 31.4. The van der Waals surface area contributed by atoms with Crippen LogP contribution in [0.5, 0.6) is 5.75 Å². The summed E-state index contributed by atoms with van der Waals surface area (Å²) in [5, 5.41) is 2.89. The second-order valence-corrected chi connectivity index (χ2v) is 5.89. The molecule has 1 aromatic rings. The zero-order chi connectivity index (χ0) is 16.4. The van der Waals surface area contributed by atoms with Gasteiger partial charge in [0.15, 0.2) is 18.2 Å². The van der Waals surface area contributed by atoms with Crippen molar-refractivity contribution in [2.75, 3.05) is 13.2 Å². The Balaban J connectivity index is 1.57. The van der Waals surface area contributed by atoms with Gasteiger partial charge in [-0.2, -0.15) is 0 Å². The first-order valence-electron chi connectivity index (χ1n) is 7.72. The number of likely N-dealkylation sites (tertiary alicyclic amines) is 1. The van der Waals surface area contributed by atoms with E-state index in [4.69, 9.17) is 4.74 Å². The fraction of sp³-hybridized carbons (Fsp3) is 0.500. The summed E-state index contributed by atoms with van der Waals surface area (Å²) in [6.45, 7) is 0.104. The van der Waals surface area contributed by atoms with Crippen molar-refractivity contribution in [3.05, 3.63) is 29.8 Å². The van der Waals surface area contributed by atoms with Gasteiger partial charge in [-0.3, -0.25) is 9.59 Å². The summed E-state index contributed by atoms with van der Waals surface area (Å²) in [5.41, 5.74) is 0. The van der Waals surface area contributed by atoms with E-state index in [0.29, 0.717) is 19.0 Å². The van der Waals surface area contributed by atoms with E-state index in [9.17, 15) is 18.4 Å². The first-order chi connectivity index (χ1) is 11.0. The first-order valence-corrected chi connectivity index (χ1v) is 7.72. The van der Waals surface area contributed by atoms with Crippen molar-refractivity contribution in [1.82, 2.24) is 10.2 Å². The number of rotatable bonds is 5. The van der Waals surface area contributed by atoms with Crippen LogP contribution >= 0.6 is 0 Å². The van der Waals surface area contributed by atoms with Crippen LogP contribution in [-0.4, -0.2) is 41.9 Å². The summed E-state index contributed by atoms with van der Waals surface area (Å²) in [6.07, 6.45) is 3.34. The van der Waals surface area contributed by atoms with E-state index in [1.165, 1.54) is 4.90 Å². The third-order valence-electron chi connectivity index (χ3n) is 4.04. The Morgan fingerprint density at radius 1 is 1.26 bits per heavy atom. The van der Waals surface area contributed by atoms with Crippen molar-refractivity contribution < 1.29 is 23.1 Å². The summed E-state index contributed by atoms with van der Waals surface area (Å²) >= 11 is 0. The number of ether oxygens (including phenoxy) is 1. The number of hydrogen-bond donors (Lipinski definition) is 1. The molecular formula is C16H18F2N2O3. The minimum atomic E-state index is -0.859. The molecule has 3 rings (SSSR count). The lowest BCUT2D eigenvalue weighted by atomic mass is 10.2. The molecule has 0 spiro atoms. The molecule has 2 fully saturated rings. The number of benzene rings is 1. The Labute approximate surface area is 132 Å². The van der Waals surface area contributed by atoms with Crippen LogP contribution in [0.4, 0.5) is 8.78 Å². The molecule has 2 amide bonds. The lowest BCUT2D eigenvalue weighted by Crippen LogP contribution is -2.47. The Bertz CT molecular complexity index is 619. The van der Waals surface area contributed by atoms with Crippen molar-refractivity contribution in [3.8, 4) is 5.75 Å². The fourth-order valence-electron chi connectivity index (χ4n) is 2.68. The van der Waals surface area contributed by atoms with Crippen LogP contribution in [-0.2, 0) is 9.59 Å². The number of halogens is 2. The second kappa shape index (κ2) is 6.52. The second-order valence-electron chi connectivity index (χ2n) is 5.89. The molecule has 5 nitrogen and oxygen atoms in total. The number of nitrogens with zero attached hydrogens (tertiary/aromatic N) is 1. The molecule has 23 heavy (non-hydrogen) atoms. The monoisotopic (exact) mass is 324 g/mol. The minimum Gasteiger partial charge on any atom is -0.481 e. The van der Waals surface area contributed by atoms with Crippen LogP contribution in [0, 0.1) is 11.6 Å². The van der Waals surface area contributed by atoms with Gasteiger partial charge in [0.25, 0.3) is 5.91 Å². The maximum Gasteiger partial charge on any atom is 0.261 e. The van der Waals surface area contributed by atoms with E-state index in [0.717, 1.165) is 31.4 Å². The highest BCUT2D eigenvalue weighted by Crippen LogP contribution is 2.23. The maximum atomic E-state index is 13.5. The van der Waals surface area contributed by atoms with Gasteiger partial charge in [0.2, 0.25) is 5.91 Å². The van der Waals surface area contributed by atoms with Crippen LogP contribution in [0.15, 0.2) is 18.2 Å². The molecule has 2 aliphatic rings. The zero-order valence-corrected chi connectivity index (χ0v) is 12.6. The molecule has 1 aliphatic carbocycles. The van der Waals surface area contributed by atoms with E-state index in [1.54, 1.807) is 0 Å². The van der Waals surface area contributed by atoms with E-state index < -0.39 is 17.7 Å². The normalized spacial score (nSPS) is 20.4. The minimum absolute atomic E-state index is 0.133. The lowest BCUT2D eigenvalue weighted by Gasteiger charge is -2.24. The number of hydrogen-bond acceptors (Lipinski definition) is 3. The Hall–Kier alpha value is -2.18. The summed E-state index contributed by atoms with van der Waals surface area (Å²) in [4.78, 5) is 25.8. The third-order valence-corrected chi connectivity index (χ3v) is 4.04. The van der Waals surface area contributed by atoms with Gasteiger partial charge in [0.05, 0.1) is 0 Å². The molecule has 0 radical (unpaired) electrons. The molecule has 1 saturated carbocycles. The summed E-state index contributed by atoms with van der Waals surface area (Å²) in [5.74, 6) is -2.26. The van der Waals surface area contributed by atoms with Gasteiger partial charge in [-0.25, -0.2) is 8.78 Å². The van der Waals surface area contributed by atoms with Gasteiger partial charge in [-0.1, -0.05) is 0 Å². The first kappa shape index (κ1) is 15.7. The Kier molecular flexibility index (Phi) is 4.45. The SMILES string of the molecule is O=C(NC1CC1)C1CCCN1C(=O)COc1ccc(F)cc1F. The van der Waals surface area contributed by atoms with Gasteiger partial charge in [0.1, 0.15) is 11.9 Å². The topological polar surface area (TPSA) is 58.6 Å². The Morgan fingerprint density at radius 3 is 2.74 bits per heavy atom. The van der Waals surface area contributed by atoms with E-state index in [-0.39, 0.29) is 30.2 Å². The highest BCUT2D eigenvalue weighted by Gasteiger charge is 2.36. The van der Waals surface area contributed by atoms with E-state index >= 15 is 0 Å². The van der Waals surface area contributed by atoms with E-state index in [2.05, 4.69) is 5.32 Å². The zero-order valence-electron chi connectivity index (χ0n) is 12.6. The van der Waals surface area contributed by atoms with Crippen LogP contribution in [0.2, 0.25) is 0 Å². The molecule has 7 heteroatoms. The summed E-state index contributed by atoms with van der Waals surface area (Å²) in [7, 11) is 0. The van der Waals surface area contributed by atoms with Gasteiger partial charge in [-0.05, 0) is 37.8 Å². The van der Waals surface area contributed by atoms with Crippen LogP contribution in [0.3, 0.4) is 0 Å². The van der Waals surface area contributed by atoms with Crippen molar-refractivity contribution >= 4 is 11.8 Å². The predicted octanol–water partition coefficient (Wildman–Crippen LogP) is 1.61. The van der Waals surface area contributed by atoms with Crippen LogP contribution < -0.4 is 10.1 Å². The number of amides is 2. The fourth-order valence-corrected chi connectivity index (χ4v) is 2.68. The molecule has 1 aliphatic heterocycles. The predicted molar refractivity (Wildman–Crippen MR) is 77.8 cm³/mol. The highest BCUT2D eigenvalue weighted by atomic mass is 19.1. The molecule has 0 bridgehead atoms. The smallest absolute Gasteiger partial charge is 0.261 e.